The van der Waals surface area contributed by atoms with E-state index >= 15 is 0 Å². The van der Waals surface area contributed by atoms with Gasteiger partial charge in [-0.15, -0.1) is 11.3 Å². The van der Waals surface area contributed by atoms with Crippen molar-refractivity contribution in [1.82, 2.24) is 0 Å². The summed E-state index contributed by atoms with van der Waals surface area (Å²) in [4.78, 5) is 1.34. The van der Waals surface area contributed by atoms with Crippen molar-refractivity contribution in [2.24, 2.45) is 0 Å². The Labute approximate surface area is 101 Å². The van der Waals surface area contributed by atoms with Gasteiger partial charge in [-0.2, -0.15) is 0 Å². The molecule has 1 aromatic rings. The molecule has 0 radical (unpaired) electrons. The van der Waals surface area contributed by atoms with Gasteiger partial charge in [-0.1, -0.05) is 6.58 Å². The second-order valence-corrected chi connectivity index (χ2v) is 4.79. The second kappa shape index (κ2) is 5.21. The monoisotopic (exact) mass is 294 g/mol. The number of thiophene rings is 1. The Morgan fingerprint density at radius 3 is 2.33 bits per heavy atom. The van der Waals surface area contributed by atoms with Crippen molar-refractivity contribution in [3.63, 3.8) is 0 Å². The summed E-state index contributed by atoms with van der Waals surface area (Å²) in [5, 5.41) is 0. The average molecular weight is 295 g/mol. The van der Waals surface area contributed by atoms with E-state index in [1.54, 1.807) is 14.2 Å². The number of rotatable bonds is 4. The van der Waals surface area contributed by atoms with Crippen molar-refractivity contribution < 1.29 is 13.9 Å². The molecule has 1 heterocycles. The molecule has 5 heteroatoms. The van der Waals surface area contributed by atoms with Crippen LogP contribution < -0.4 is 0 Å². The molecule has 0 unspecified atom stereocenters. The zero-order valence-corrected chi connectivity index (χ0v) is 11.2. The van der Waals surface area contributed by atoms with Gasteiger partial charge in [0, 0.05) is 18.7 Å². The van der Waals surface area contributed by atoms with Crippen molar-refractivity contribution in [3.8, 4) is 0 Å². The minimum absolute atomic E-state index is 0.452. The lowest BCUT2D eigenvalue weighted by Crippen LogP contribution is -2.02. The number of ether oxygens (including phenoxy) is 2. The Balaban J connectivity index is 3.20. The Morgan fingerprint density at radius 2 is 2.00 bits per heavy atom. The Kier molecular flexibility index (Phi) is 4.45. The van der Waals surface area contributed by atoms with E-state index < -0.39 is 12.1 Å². The minimum atomic E-state index is -0.459. The summed E-state index contributed by atoms with van der Waals surface area (Å²) in [6.07, 6.45) is -0.459. The third kappa shape index (κ3) is 2.47. The third-order valence-corrected chi connectivity index (χ3v) is 4.60. The van der Waals surface area contributed by atoms with E-state index in [1.165, 1.54) is 11.3 Å². The smallest absolute Gasteiger partial charge is 0.192 e. The maximum Gasteiger partial charge on any atom is 0.192 e. The lowest BCUT2D eigenvalue weighted by Gasteiger charge is -2.12. The average Bonchev–Trinajstić information content (AvgIpc) is 2.48. The first-order valence-electron chi connectivity index (χ1n) is 4.22. The molecule has 1 rings (SSSR count). The van der Waals surface area contributed by atoms with Gasteiger partial charge < -0.3 is 9.47 Å². The topological polar surface area (TPSA) is 18.5 Å². The highest BCUT2D eigenvalue weighted by Gasteiger charge is 2.21. The Morgan fingerprint density at radius 1 is 1.47 bits per heavy atom. The van der Waals surface area contributed by atoms with E-state index in [9.17, 15) is 4.39 Å². The first kappa shape index (κ1) is 12.8. The van der Waals surface area contributed by atoms with Crippen molar-refractivity contribution in [3.05, 3.63) is 26.4 Å². The molecule has 0 saturated heterocycles. The number of hydrogen-bond donors (Lipinski definition) is 0. The van der Waals surface area contributed by atoms with Gasteiger partial charge in [0.1, 0.15) is 5.83 Å². The first-order chi connectivity index (χ1) is 7.02. The fraction of sp³-hybridized carbons (Fsp3) is 0.400. The van der Waals surface area contributed by atoms with Gasteiger partial charge in [0.15, 0.2) is 6.29 Å². The van der Waals surface area contributed by atoms with Crippen LogP contribution in [0, 0.1) is 6.92 Å². The maximum atomic E-state index is 13.1. The van der Waals surface area contributed by atoms with Crippen LogP contribution in [0.25, 0.3) is 5.83 Å². The van der Waals surface area contributed by atoms with E-state index in [1.807, 2.05) is 6.92 Å². The van der Waals surface area contributed by atoms with Gasteiger partial charge in [-0.3, -0.25) is 0 Å². The highest BCUT2D eigenvalue weighted by atomic mass is 79.9. The molecule has 15 heavy (non-hydrogen) atoms. The van der Waals surface area contributed by atoms with Crippen molar-refractivity contribution >= 4 is 33.1 Å². The maximum absolute atomic E-state index is 13.1. The summed E-state index contributed by atoms with van der Waals surface area (Å²) < 4.78 is 24.0. The van der Waals surface area contributed by atoms with Crippen molar-refractivity contribution in [2.75, 3.05) is 14.2 Å². The third-order valence-electron chi connectivity index (χ3n) is 2.00. The molecule has 1 aromatic heterocycles. The minimum Gasteiger partial charge on any atom is -0.351 e. The first-order valence-corrected chi connectivity index (χ1v) is 5.83. The molecule has 0 fully saturated rings. The van der Waals surface area contributed by atoms with Crippen molar-refractivity contribution in [2.45, 2.75) is 13.2 Å². The summed E-state index contributed by atoms with van der Waals surface area (Å²) in [6.45, 7) is 5.17. The standard InChI is InChI=1S/C10H12BrFO2S/c1-5-7(11)9(6(2)12)15-8(5)10(13-3)14-4/h10H,2H2,1,3-4H3. The molecule has 0 spiro atoms. The summed E-state index contributed by atoms with van der Waals surface area (Å²) in [5.74, 6) is -0.452. The van der Waals surface area contributed by atoms with Gasteiger partial charge in [0.05, 0.1) is 9.75 Å². The highest BCUT2D eigenvalue weighted by molar-refractivity contribution is 9.10. The molecule has 84 valence electrons. The molecule has 0 aromatic carbocycles. The predicted molar refractivity (Wildman–Crippen MR) is 63.7 cm³/mol. The second-order valence-electron chi connectivity index (χ2n) is 2.94. The van der Waals surface area contributed by atoms with Crippen LogP contribution >= 0.6 is 27.3 Å². The van der Waals surface area contributed by atoms with Gasteiger partial charge in [-0.25, -0.2) is 4.39 Å². The zero-order chi connectivity index (χ0) is 11.6. The highest BCUT2D eigenvalue weighted by Crippen LogP contribution is 2.40. The molecule has 0 aliphatic heterocycles. The van der Waals surface area contributed by atoms with E-state index in [2.05, 4.69) is 22.5 Å². The molecule has 2 nitrogen and oxygen atoms in total. The molecule has 0 amide bonds. The van der Waals surface area contributed by atoms with Crippen LogP contribution in [0.1, 0.15) is 21.6 Å². The fourth-order valence-electron chi connectivity index (χ4n) is 1.22. The fourth-order valence-corrected chi connectivity index (χ4v) is 3.14. The quantitative estimate of drug-likeness (QED) is 0.780. The largest absolute Gasteiger partial charge is 0.351 e. The van der Waals surface area contributed by atoms with Crippen LogP contribution in [0.15, 0.2) is 11.1 Å². The van der Waals surface area contributed by atoms with Crippen LogP contribution in [0.2, 0.25) is 0 Å². The van der Waals surface area contributed by atoms with Crippen LogP contribution in [0.3, 0.4) is 0 Å². The molecular weight excluding hydrogens is 283 g/mol. The number of halogens is 2. The Bertz CT molecular complexity index is 372. The summed E-state index contributed by atoms with van der Waals surface area (Å²) in [6, 6.07) is 0. The summed E-state index contributed by atoms with van der Waals surface area (Å²) in [5.41, 5.74) is 0.919. The normalized spacial score (nSPS) is 11.1. The molecule has 0 saturated carbocycles. The summed E-state index contributed by atoms with van der Waals surface area (Å²) in [7, 11) is 3.09. The van der Waals surface area contributed by atoms with Crippen LogP contribution in [0.4, 0.5) is 4.39 Å². The zero-order valence-electron chi connectivity index (χ0n) is 8.77. The van der Waals surface area contributed by atoms with Gasteiger partial charge in [0.25, 0.3) is 0 Å². The molecular formula is C10H12BrFO2S. The molecule has 0 aliphatic rings. The number of hydrogen-bond acceptors (Lipinski definition) is 3. The van der Waals surface area contributed by atoms with Crippen LogP contribution in [-0.2, 0) is 9.47 Å². The molecule has 0 aliphatic carbocycles. The van der Waals surface area contributed by atoms with Gasteiger partial charge in [-0.05, 0) is 28.4 Å². The van der Waals surface area contributed by atoms with Gasteiger partial charge >= 0.3 is 0 Å². The Hall–Kier alpha value is -0.230. The van der Waals surface area contributed by atoms with Crippen LogP contribution in [-0.4, -0.2) is 14.2 Å². The SMILES string of the molecule is C=C(F)c1sc(C(OC)OC)c(C)c1Br. The molecule has 0 atom stereocenters. The molecule has 0 N–H and O–H groups in total. The lowest BCUT2D eigenvalue weighted by molar-refractivity contribution is -0.103. The predicted octanol–water partition coefficient (Wildman–Crippen LogP) is 4.05. The van der Waals surface area contributed by atoms with Crippen molar-refractivity contribution in [1.29, 1.82) is 0 Å². The van der Waals surface area contributed by atoms with Crippen LogP contribution in [0.5, 0.6) is 0 Å². The van der Waals surface area contributed by atoms with E-state index in [0.29, 0.717) is 9.35 Å². The van der Waals surface area contributed by atoms with E-state index in [-0.39, 0.29) is 0 Å². The number of methoxy groups -OCH3 is 2. The van der Waals surface area contributed by atoms with Gasteiger partial charge in [0.2, 0.25) is 0 Å². The summed E-state index contributed by atoms with van der Waals surface area (Å²) >= 11 is 4.61. The van der Waals surface area contributed by atoms with E-state index in [4.69, 9.17) is 9.47 Å². The lowest BCUT2D eigenvalue weighted by atomic mass is 10.2. The van der Waals surface area contributed by atoms with E-state index in [0.717, 1.165) is 10.4 Å². The molecule has 0 bridgehead atoms.